The first-order valence-corrected chi connectivity index (χ1v) is 4.40. The van der Waals surface area contributed by atoms with Gasteiger partial charge in [0.15, 0.2) is 0 Å². The number of nitrogens with zero attached hydrogens (tertiary/aromatic N) is 2. The van der Waals surface area contributed by atoms with Gasteiger partial charge in [-0.25, -0.2) is 14.8 Å². The van der Waals surface area contributed by atoms with Crippen molar-refractivity contribution in [1.82, 2.24) is 9.97 Å². The molecule has 0 saturated carbocycles. The van der Waals surface area contributed by atoms with Crippen LogP contribution in [0.25, 0.3) is 0 Å². The molecule has 0 aliphatic carbocycles. The molecule has 0 radical (unpaired) electrons. The maximum atomic E-state index is 11.5. The zero-order chi connectivity index (χ0) is 10.5. The molecule has 0 atom stereocenters. The average Bonchev–Trinajstić information content (AvgIpc) is 2.31. The van der Waals surface area contributed by atoms with E-state index in [0.29, 0.717) is 0 Å². The predicted octanol–water partition coefficient (Wildman–Crippen LogP) is 1.70. The first-order valence-electron chi connectivity index (χ1n) is 4.40. The van der Waals surface area contributed by atoms with Gasteiger partial charge in [0.25, 0.3) is 0 Å². The van der Waals surface area contributed by atoms with Crippen molar-refractivity contribution in [3.63, 3.8) is 0 Å². The molecule has 0 bridgehead atoms. The first-order chi connectivity index (χ1) is 7.36. The largest absolute Gasteiger partial charge is 0.403 e. The lowest BCUT2D eigenvalue weighted by atomic mass is 10.3. The Kier molecular flexibility index (Phi) is 2.69. The van der Waals surface area contributed by atoms with Crippen LogP contribution in [0.1, 0.15) is 10.5 Å². The maximum Gasteiger partial charge on any atom is 0.363 e. The second-order valence-corrected chi connectivity index (χ2v) is 2.77. The number of carbonyl (C=O) groups is 1. The smallest absolute Gasteiger partial charge is 0.363 e. The van der Waals surface area contributed by atoms with Crippen molar-refractivity contribution < 1.29 is 9.53 Å². The summed E-state index contributed by atoms with van der Waals surface area (Å²) < 4.78 is 4.99. The number of aromatic nitrogens is 2. The van der Waals surface area contributed by atoms with Gasteiger partial charge in [-0.1, -0.05) is 12.1 Å². The van der Waals surface area contributed by atoms with Crippen LogP contribution in [0.2, 0.25) is 0 Å². The zero-order valence-corrected chi connectivity index (χ0v) is 7.83. The van der Waals surface area contributed by atoms with E-state index in [9.17, 15) is 4.79 Å². The summed E-state index contributed by atoms with van der Waals surface area (Å²) in [5.74, 6) is -0.234. The molecule has 2 aromatic heterocycles. The number of carbonyl (C=O) groups excluding carboxylic acids is 1. The number of rotatable bonds is 2. The van der Waals surface area contributed by atoms with Crippen molar-refractivity contribution in [3.05, 3.63) is 54.5 Å². The van der Waals surface area contributed by atoms with Crippen molar-refractivity contribution in [3.8, 4) is 5.88 Å². The molecule has 0 aliphatic rings. The lowest BCUT2D eigenvalue weighted by molar-refractivity contribution is 0.0721. The number of hydrogen-bond acceptors (Lipinski definition) is 4. The van der Waals surface area contributed by atoms with Crippen molar-refractivity contribution in [1.29, 1.82) is 0 Å². The van der Waals surface area contributed by atoms with Gasteiger partial charge in [-0.05, 0) is 18.2 Å². The highest BCUT2D eigenvalue weighted by Gasteiger charge is 2.08. The van der Waals surface area contributed by atoms with Gasteiger partial charge >= 0.3 is 5.97 Å². The van der Waals surface area contributed by atoms with E-state index in [1.807, 2.05) is 0 Å². The third-order valence-electron chi connectivity index (χ3n) is 1.71. The molecule has 0 fully saturated rings. The minimum atomic E-state index is -0.505. The second kappa shape index (κ2) is 4.32. The molecule has 4 heteroatoms. The quantitative estimate of drug-likeness (QED) is 0.692. The van der Waals surface area contributed by atoms with Gasteiger partial charge in [0.1, 0.15) is 5.69 Å². The standard InChI is InChI=1S/C11H8N2O2/c14-11(9-5-1-3-7-12-9)15-10-6-2-4-8-13-10/h1-8H. The summed E-state index contributed by atoms with van der Waals surface area (Å²) in [5, 5.41) is 0. The van der Waals surface area contributed by atoms with Crippen LogP contribution < -0.4 is 4.74 Å². The summed E-state index contributed by atoms with van der Waals surface area (Å²) >= 11 is 0. The molecular formula is C11H8N2O2. The fourth-order valence-corrected chi connectivity index (χ4v) is 1.04. The summed E-state index contributed by atoms with van der Waals surface area (Å²) in [7, 11) is 0. The monoisotopic (exact) mass is 200 g/mol. The van der Waals surface area contributed by atoms with Gasteiger partial charge in [0.05, 0.1) is 0 Å². The van der Waals surface area contributed by atoms with E-state index in [4.69, 9.17) is 4.74 Å². The van der Waals surface area contributed by atoms with Gasteiger partial charge in [0.2, 0.25) is 5.88 Å². The van der Waals surface area contributed by atoms with Gasteiger partial charge in [-0.2, -0.15) is 0 Å². The number of hydrogen-bond donors (Lipinski definition) is 0. The summed E-state index contributed by atoms with van der Waals surface area (Å²) in [5.41, 5.74) is 0.267. The van der Waals surface area contributed by atoms with Crippen LogP contribution in [0.3, 0.4) is 0 Å². The van der Waals surface area contributed by atoms with E-state index in [1.165, 1.54) is 6.20 Å². The van der Waals surface area contributed by atoms with Crippen molar-refractivity contribution in [2.75, 3.05) is 0 Å². The summed E-state index contributed by atoms with van der Waals surface area (Å²) in [6, 6.07) is 10.2. The van der Waals surface area contributed by atoms with Crippen molar-refractivity contribution >= 4 is 5.97 Å². The van der Waals surface area contributed by atoms with Crippen LogP contribution in [-0.4, -0.2) is 15.9 Å². The summed E-state index contributed by atoms with van der Waals surface area (Å²) in [4.78, 5) is 19.2. The third kappa shape index (κ3) is 2.37. The Morgan fingerprint density at radius 2 is 1.73 bits per heavy atom. The molecule has 2 rings (SSSR count). The third-order valence-corrected chi connectivity index (χ3v) is 1.71. The zero-order valence-electron chi connectivity index (χ0n) is 7.83. The van der Waals surface area contributed by atoms with Crippen LogP contribution in [0.15, 0.2) is 48.8 Å². The van der Waals surface area contributed by atoms with Crippen LogP contribution in [0.4, 0.5) is 0 Å². The van der Waals surface area contributed by atoms with Crippen LogP contribution in [0, 0.1) is 0 Å². The Bertz CT molecular complexity index is 443. The minimum absolute atomic E-state index is 0.267. The number of ether oxygens (including phenoxy) is 1. The molecule has 0 aliphatic heterocycles. The van der Waals surface area contributed by atoms with E-state index in [2.05, 4.69) is 9.97 Å². The molecule has 4 nitrogen and oxygen atoms in total. The molecule has 2 heterocycles. The molecule has 0 amide bonds. The van der Waals surface area contributed by atoms with Crippen LogP contribution >= 0.6 is 0 Å². The SMILES string of the molecule is O=C(Oc1ccccn1)c1ccccn1. The van der Waals surface area contributed by atoms with Crippen LogP contribution in [-0.2, 0) is 0 Å². The van der Waals surface area contributed by atoms with Crippen LogP contribution in [0.5, 0.6) is 5.88 Å². The second-order valence-electron chi connectivity index (χ2n) is 2.77. The lowest BCUT2D eigenvalue weighted by Gasteiger charge is -2.01. The van der Waals surface area contributed by atoms with E-state index in [-0.39, 0.29) is 11.6 Å². The molecule has 0 unspecified atom stereocenters. The highest BCUT2D eigenvalue weighted by atomic mass is 16.5. The molecule has 0 saturated heterocycles. The highest BCUT2D eigenvalue weighted by Crippen LogP contribution is 2.06. The number of pyridine rings is 2. The predicted molar refractivity (Wildman–Crippen MR) is 53.4 cm³/mol. The first kappa shape index (κ1) is 9.33. The Labute approximate surface area is 86.6 Å². The molecule has 0 N–H and O–H groups in total. The highest BCUT2D eigenvalue weighted by molar-refractivity contribution is 5.88. The Morgan fingerprint density at radius 1 is 1.00 bits per heavy atom. The molecule has 0 aromatic carbocycles. The van der Waals surface area contributed by atoms with Gasteiger partial charge in [-0.3, -0.25) is 0 Å². The lowest BCUT2D eigenvalue weighted by Crippen LogP contribution is -2.10. The number of esters is 1. The van der Waals surface area contributed by atoms with Gasteiger partial charge < -0.3 is 4.74 Å². The maximum absolute atomic E-state index is 11.5. The van der Waals surface area contributed by atoms with E-state index in [1.54, 1.807) is 42.6 Å². The topological polar surface area (TPSA) is 52.1 Å². The summed E-state index contributed by atoms with van der Waals surface area (Å²) in [6.07, 6.45) is 3.09. The molecule has 0 spiro atoms. The Hall–Kier alpha value is -2.23. The summed E-state index contributed by atoms with van der Waals surface area (Å²) in [6.45, 7) is 0. The fraction of sp³-hybridized carbons (Fsp3) is 0. The van der Waals surface area contributed by atoms with Gasteiger partial charge in [-0.15, -0.1) is 0 Å². The average molecular weight is 200 g/mol. The van der Waals surface area contributed by atoms with Gasteiger partial charge in [0, 0.05) is 18.5 Å². The molecule has 74 valence electrons. The fourth-order valence-electron chi connectivity index (χ4n) is 1.04. The Balaban J connectivity index is 2.12. The van der Waals surface area contributed by atoms with Crippen molar-refractivity contribution in [2.24, 2.45) is 0 Å². The van der Waals surface area contributed by atoms with E-state index < -0.39 is 5.97 Å². The minimum Gasteiger partial charge on any atom is -0.403 e. The van der Waals surface area contributed by atoms with E-state index in [0.717, 1.165) is 0 Å². The normalized spacial score (nSPS) is 9.60. The molecule has 2 aromatic rings. The molecule has 15 heavy (non-hydrogen) atoms. The molecular weight excluding hydrogens is 192 g/mol. The Morgan fingerprint density at radius 3 is 2.33 bits per heavy atom. The van der Waals surface area contributed by atoms with E-state index >= 15 is 0 Å². The van der Waals surface area contributed by atoms with Crippen molar-refractivity contribution in [2.45, 2.75) is 0 Å².